The lowest BCUT2D eigenvalue weighted by Crippen LogP contribution is -2.57. The van der Waals surface area contributed by atoms with E-state index in [0.717, 1.165) is 17.9 Å². The monoisotopic (exact) mass is 380 g/mol. The van der Waals surface area contributed by atoms with Crippen LogP contribution in [0.1, 0.15) is 39.2 Å². The number of nitrogens with one attached hydrogen (secondary N) is 1. The summed E-state index contributed by atoms with van der Waals surface area (Å²) in [4.78, 5) is 14.7. The second-order valence-corrected chi connectivity index (χ2v) is 8.56. The van der Waals surface area contributed by atoms with Gasteiger partial charge in [-0.05, 0) is 51.3 Å². The molecule has 1 N–H and O–H groups in total. The second kappa shape index (κ2) is 7.75. The van der Waals surface area contributed by atoms with Gasteiger partial charge in [-0.15, -0.1) is 0 Å². The van der Waals surface area contributed by atoms with E-state index < -0.39 is 0 Å². The Labute approximate surface area is 161 Å². The molecule has 6 heteroatoms. The number of rotatable bonds is 3. The maximum absolute atomic E-state index is 12.8. The lowest BCUT2D eigenvalue weighted by molar-refractivity contribution is -0.117. The molecule has 2 aliphatic rings. The number of carbonyl (C=O) groups is 1. The van der Waals surface area contributed by atoms with E-state index in [1.807, 2.05) is 37.8 Å². The number of nitrogens with zero attached hydrogens (tertiary/aromatic N) is 1. The molecule has 2 amide bonds. The van der Waals surface area contributed by atoms with Crippen LogP contribution in [0.2, 0.25) is 5.02 Å². The Hall–Kier alpha value is -1.30. The summed E-state index contributed by atoms with van der Waals surface area (Å²) in [6.45, 7) is 9.29. The average molecular weight is 381 g/mol. The molecule has 0 spiro atoms. The lowest BCUT2D eigenvalue weighted by atomic mass is 9.74. The van der Waals surface area contributed by atoms with Crippen LogP contribution < -0.4 is 5.32 Å². The van der Waals surface area contributed by atoms with Crippen molar-refractivity contribution >= 4 is 17.6 Å². The van der Waals surface area contributed by atoms with Crippen LogP contribution in [-0.2, 0) is 14.9 Å². The third kappa shape index (κ3) is 4.51. The first-order chi connectivity index (χ1) is 12.3. The molecule has 3 rings (SSSR count). The highest BCUT2D eigenvalue weighted by Crippen LogP contribution is 2.35. The molecule has 0 saturated carbocycles. The number of urea groups is 1. The molecule has 26 heavy (non-hydrogen) atoms. The molecule has 5 nitrogen and oxygen atoms in total. The van der Waals surface area contributed by atoms with Crippen molar-refractivity contribution < 1.29 is 14.3 Å². The summed E-state index contributed by atoms with van der Waals surface area (Å²) in [7, 11) is 0. The maximum Gasteiger partial charge on any atom is 0.317 e. The van der Waals surface area contributed by atoms with Gasteiger partial charge < -0.3 is 19.7 Å². The van der Waals surface area contributed by atoms with Crippen LogP contribution in [0.15, 0.2) is 24.3 Å². The first-order valence-corrected chi connectivity index (χ1v) is 9.72. The number of carbonyl (C=O) groups excluding carboxylic acids is 1. The van der Waals surface area contributed by atoms with Crippen molar-refractivity contribution in [3.8, 4) is 0 Å². The standard InChI is InChI=1S/C20H29ClN2O3/c1-15-12-23(14-19(2,3)26-15)18(24)22-13-20(8-10-25-11-9-20)16-4-6-17(21)7-5-16/h4-7,15H,8-14H2,1-3H3,(H,22,24). The van der Waals surface area contributed by atoms with E-state index in [0.29, 0.717) is 32.8 Å². The first-order valence-electron chi connectivity index (χ1n) is 9.34. The molecular formula is C20H29ClN2O3. The fraction of sp³-hybridized carbons (Fsp3) is 0.650. The summed E-state index contributed by atoms with van der Waals surface area (Å²) < 4.78 is 11.5. The van der Waals surface area contributed by atoms with E-state index in [-0.39, 0.29) is 23.2 Å². The van der Waals surface area contributed by atoms with E-state index in [1.165, 1.54) is 5.56 Å². The molecule has 2 fully saturated rings. The molecule has 1 aromatic carbocycles. The minimum atomic E-state index is -0.318. The Morgan fingerprint density at radius 3 is 2.54 bits per heavy atom. The van der Waals surface area contributed by atoms with E-state index in [9.17, 15) is 4.79 Å². The highest BCUT2D eigenvalue weighted by molar-refractivity contribution is 6.30. The van der Waals surface area contributed by atoms with Crippen LogP contribution in [0.4, 0.5) is 4.79 Å². The molecule has 0 radical (unpaired) electrons. The molecule has 144 valence electrons. The number of hydrogen-bond acceptors (Lipinski definition) is 3. The molecule has 2 saturated heterocycles. The summed E-state index contributed by atoms with van der Waals surface area (Å²) >= 11 is 6.05. The summed E-state index contributed by atoms with van der Waals surface area (Å²) in [6, 6.07) is 7.96. The van der Waals surface area contributed by atoms with Crippen molar-refractivity contribution in [3.05, 3.63) is 34.9 Å². The maximum atomic E-state index is 12.8. The molecule has 0 aromatic heterocycles. The Balaban J connectivity index is 1.70. The van der Waals surface area contributed by atoms with Crippen molar-refractivity contribution in [2.24, 2.45) is 0 Å². The Bertz CT molecular complexity index is 626. The molecule has 0 bridgehead atoms. The van der Waals surface area contributed by atoms with Crippen LogP contribution in [0.3, 0.4) is 0 Å². The fourth-order valence-corrected chi connectivity index (χ4v) is 4.22. The van der Waals surface area contributed by atoms with Gasteiger partial charge in [0, 0.05) is 36.7 Å². The van der Waals surface area contributed by atoms with Gasteiger partial charge in [-0.3, -0.25) is 0 Å². The topological polar surface area (TPSA) is 50.8 Å². The normalized spacial score (nSPS) is 24.9. The average Bonchev–Trinajstić information content (AvgIpc) is 2.59. The zero-order valence-corrected chi connectivity index (χ0v) is 16.6. The lowest BCUT2D eigenvalue weighted by Gasteiger charge is -2.43. The Kier molecular flexibility index (Phi) is 5.80. The van der Waals surface area contributed by atoms with Gasteiger partial charge in [0.25, 0.3) is 0 Å². The number of hydrogen-bond donors (Lipinski definition) is 1. The van der Waals surface area contributed by atoms with Gasteiger partial charge in [0.15, 0.2) is 0 Å². The number of halogens is 1. The molecule has 2 heterocycles. The predicted octanol–water partition coefficient (Wildman–Crippen LogP) is 3.60. The minimum absolute atomic E-state index is 0.0203. The largest absolute Gasteiger partial charge is 0.381 e. The van der Waals surface area contributed by atoms with Gasteiger partial charge in [0.1, 0.15) is 0 Å². The van der Waals surface area contributed by atoms with Crippen molar-refractivity contribution in [3.63, 3.8) is 0 Å². The zero-order chi connectivity index (χ0) is 18.8. The Morgan fingerprint density at radius 2 is 1.92 bits per heavy atom. The summed E-state index contributed by atoms with van der Waals surface area (Å²) in [5.74, 6) is 0. The van der Waals surface area contributed by atoms with Crippen LogP contribution in [-0.4, -0.2) is 55.5 Å². The van der Waals surface area contributed by atoms with E-state index >= 15 is 0 Å². The van der Waals surface area contributed by atoms with Crippen molar-refractivity contribution in [1.82, 2.24) is 10.2 Å². The van der Waals surface area contributed by atoms with Gasteiger partial charge in [-0.2, -0.15) is 0 Å². The number of ether oxygens (including phenoxy) is 2. The highest BCUT2D eigenvalue weighted by Gasteiger charge is 2.37. The molecule has 2 aliphatic heterocycles. The third-order valence-electron chi connectivity index (χ3n) is 5.34. The van der Waals surface area contributed by atoms with E-state index in [4.69, 9.17) is 21.1 Å². The smallest absolute Gasteiger partial charge is 0.317 e. The van der Waals surface area contributed by atoms with Gasteiger partial charge in [0.2, 0.25) is 0 Å². The summed E-state index contributed by atoms with van der Waals surface area (Å²) in [5.41, 5.74) is 0.786. The first kappa shape index (κ1) is 19.5. The highest BCUT2D eigenvalue weighted by atomic mass is 35.5. The molecule has 1 aromatic rings. The van der Waals surface area contributed by atoms with E-state index in [1.54, 1.807) is 0 Å². The van der Waals surface area contributed by atoms with Crippen molar-refractivity contribution in [2.75, 3.05) is 32.8 Å². The SMILES string of the molecule is CC1CN(C(=O)NCC2(c3ccc(Cl)cc3)CCOCC2)CC(C)(C)O1. The predicted molar refractivity (Wildman–Crippen MR) is 103 cm³/mol. The molecular weight excluding hydrogens is 352 g/mol. The van der Waals surface area contributed by atoms with Gasteiger partial charge >= 0.3 is 6.03 Å². The van der Waals surface area contributed by atoms with Gasteiger partial charge in [0.05, 0.1) is 18.2 Å². The summed E-state index contributed by atoms with van der Waals surface area (Å²) in [6.07, 6.45) is 1.82. The van der Waals surface area contributed by atoms with Crippen LogP contribution in [0, 0.1) is 0 Å². The van der Waals surface area contributed by atoms with Crippen LogP contribution >= 0.6 is 11.6 Å². The second-order valence-electron chi connectivity index (χ2n) is 8.13. The Morgan fingerprint density at radius 1 is 1.27 bits per heavy atom. The van der Waals surface area contributed by atoms with Crippen LogP contribution in [0.25, 0.3) is 0 Å². The minimum Gasteiger partial charge on any atom is -0.381 e. The number of amides is 2. The summed E-state index contributed by atoms with van der Waals surface area (Å²) in [5, 5.41) is 3.90. The van der Waals surface area contributed by atoms with Crippen molar-refractivity contribution in [1.29, 1.82) is 0 Å². The van der Waals surface area contributed by atoms with Crippen LogP contribution in [0.5, 0.6) is 0 Å². The van der Waals surface area contributed by atoms with Gasteiger partial charge in [-0.25, -0.2) is 4.79 Å². The molecule has 1 atom stereocenters. The molecule has 0 aliphatic carbocycles. The number of morpholine rings is 1. The molecule has 1 unspecified atom stereocenters. The zero-order valence-electron chi connectivity index (χ0n) is 15.9. The van der Waals surface area contributed by atoms with Crippen molar-refractivity contribution in [2.45, 2.75) is 50.7 Å². The number of benzene rings is 1. The van der Waals surface area contributed by atoms with Gasteiger partial charge in [-0.1, -0.05) is 23.7 Å². The van der Waals surface area contributed by atoms with E-state index in [2.05, 4.69) is 17.4 Å². The fourth-order valence-electron chi connectivity index (χ4n) is 4.10. The third-order valence-corrected chi connectivity index (χ3v) is 5.59. The quantitative estimate of drug-likeness (QED) is 0.871.